The van der Waals surface area contributed by atoms with Gasteiger partial charge in [0.15, 0.2) is 0 Å². The molecule has 5 nitrogen and oxygen atoms in total. The Bertz CT molecular complexity index is 555. The third-order valence-corrected chi connectivity index (χ3v) is 4.13. The summed E-state index contributed by atoms with van der Waals surface area (Å²) in [5, 5.41) is 9.00. The molecule has 0 aromatic heterocycles. The van der Waals surface area contributed by atoms with E-state index in [1.807, 2.05) is 26.0 Å². The molecule has 0 aliphatic carbocycles. The first-order chi connectivity index (χ1) is 9.92. The van der Waals surface area contributed by atoms with Crippen molar-refractivity contribution >= 4 is 11.9 Å². The summed E-state index contributed by atoms with van der Waals surface area (Å²) in [6.07, 6.45) is 0.431. The fourth-order valence-electron chi connectivity index (χ4n) is 2.73. The van der Waals surface area contributed by atoms with Crippen LogP contribution in [0.2, 0.25) is 0 Å². The van der Waals surface area contributed by atoms with Crippen molar-refractivity contribution in [3.05, 3.63) is 34.9 Å². The standard InChI is InChI=1S/C16H21NO4/c1-10-4-5-12(6-11(10)2)16(20)17-9-14(21-3)7-13(17)8-15(18)19/h4-6,13-14H,7-9H2,1-3H3,(H,18,19). The molecule has 1 fully saturated rings. The summed E-state index contributed by atoms with van der Waals surface area (Å²) in [6.45, 7) is 4.40. The van der Waals surface area contributed by atoms with Crippen molar-refractivity contribution in [2.45, 2.75) is 38.8 Å². The minimum absolute atomic E-state index is 0.0452. The summed E-state index contributed by atoms with van der Waals surface area (Å²) in [5.41, 5.74) is 2.79. The number of nitrogens with zero attached hydrogens (tertiary/aromatic N) is 1. The Balaban J connectivity index is 2.22. The summed E-state index contributed by atoms with van der Waals surface area (Å²) >= 11 is 0. The number of carboxylic acid groups (broad SMARTS) is 1. The largest absolute Gasteiger partial charge is 0.481 e. The van der Waals surface area contributed by atoms with Crippen molar-refractivity contribution in [2.24, 2.45) is 0 Å². The number of benzene rings is 1. The molecule has 0 radical (unpaired) electrons. The van der Waals surface area contributed by atoms with E-state index in [9.17, 15) is 9.59 Å². The maximum Gasteiger partial charge on any atom is 0.305 e. The van der Waals surface area contributed by atoms with E-state index in [1.54, 1.807) is 18.1 Å². The molecule has 1 N–H and O–H groups in total. The molecule has 0 spiro atoms. The van der Waals surface area contributed by atoms with Crippen LogP contribution in [-0.2, 0) is 9.53 Å². The molecule has 1 aromatic carbocycles. The maximum absolute atomic E-state index is 12.6. The Kier molecular flexibility index (Phi) is 4.63. The minimum atomic E-state index is -0.894. The molecule has 1 aliphatic heterocycles. The van der Waals surface area contributed by atoms with Crippen molar-refractivity contribution in [3.8, 4) is 0 Å². The van der Waals surface area contributed by atoms with E-state index >= 15 is 0 Å². The van der Waals surface area contributed by atoms with Crippen molar-refractivity contribution in [3.63, 3.8) is 0 Å². The Labute approximate surface area is 124 Å². The molecule has 114 valence electrons. The van der Waals surface area contributed by atoms with Crippen molar-refractivity contribution in [2.75, 3.05) is 13.7 Å². The topological polar surface area (TPSA) is 66.8 Å². The number of hydrogen-bond donors (Lipinski definition) is 1. The van der Waals surface area contributed by atoms with Gasteiger partial charge >= 0.3 is 5.97 Å². The molecule has 21 heavy (non-hydrogen) atoms. The number of rotatable bonds is 4. The fraction of sp³-hybridized carbons (Fsp3) is 0.500. The zero-order chi connectivity index (χ0) is 15.6. The number of carbonyl (C=O) groups excluding carboxylic acids is 1. The van der Waals surface area contributed by atoms with Crippen LogP contribution in [0.3, 0.4) is 0 Å². The van der Waals surface area contributed by atoms with E-state index in [0.29, 0.717) is 18.5 Å². The quantitative estimate of drug-likeness (QED) is 0.921. The second-order valence-corrected chi connectivity index (χ2v) is 5.60. The first-order valence-corrected chi connectivity index (χ1v) is 7.05. The predicted molar refractivity (Wildman–Crippen MR) is 78.4 cm³/mol. The molecule has 1 amide bonds. The summed E-state index contributed by atoms with van der Waals surface area (Å²) in [7, 11) is 1.59. The van der Waals surface area contributed by atoms with Gasteiger partial charge in [0, 0.05) is 25.3 Å². The smallest absolute Gasteiger partial charge is 0.305 e. The van der Waals surface area contributed by atoms with Gasteiger partial charge < -0.3 is 14.7 Å². The van der Waals surface area contributed by atoms with Gasteiger partial charge in [-0.15, -0.1) is 0 Å². The van der Waals surface area contributed by atoms with Crippen LogP contribution >= 0.6 is 0 Å². The molecule has 2 unspecified atom stereocenters. The first-order valence-electron chi connectivity index (χ1n) is 7.05. The highest BCUT2D eigenvalue weighted by Crippen LogP contribution is 2.25. The number of carbonyl (C=O) groups is 2. The van der Waals surface area contributed by atoms with Gasteiger partial charge in [0.05, 0.1) is 12.5 Å². The monoisotopic (exact) mass is 291 g/mol. The second kappa shape index (κ2) is 6.26. The Morgan fingerprint density at radius 1 is 1.33 bits per heavy atom. The van der Waals surface area contributed by atoms with E-state index in [2.05, 4.69) is 0 Å². The number of aryl methyl sites for hydroxylation is 2. The van der Waals surface area contributed by atoms with Gasteiger partial charge in [-0.25, -0.2) is 0 Å². The van der Waals surface area contributed by atoms with Crippen molar-refractivity contribution in [1.29, 1.82) is 0 Å². The molecular formula is C16H21NO4. The lowest BCUT2D eigenvalue weighted by Crippen LogP contribution is -2.37. The maximum atomic E-state index is 12.6. The number of ether oxygens (including phenoxy) is 1. The number of hydrogen-bond acceptors (Lipinski definition) is 3. The zero-order valence-electron chi connectivity index (χ0n) is 12.6. The van der Waals surface area contributed by atoms with E-state index in [0.717, 1.165) is 11.1 Å². The second-order valence-electron chi connectivity index (χ2n) is 5.60. The Morgan fingerprint density at radius 3 is 2.62 bits per heavy atom. The van der Waals surface area contributed by atoms with Gasteiger partial charge in [-0.1, -0.05) is 6.07 Å². The lowest BCUT2D eigenvalue weighted by molar-refractivity contribution is -0.137. The van der Waals surface area contributed by atoms with Crippen LogP contribution in [0.1, 0.15) is 34.3 Å². The third-order valence-electron chi connectivity index (χ3n) is 4.13. The average molecular weight is 291 g/mol. The molecule has 5 heteroatoms. The summed E-state index contributed by atoms with van der Waals surface area (Å²) in [4.78, 5) is 25.2. The zero-order valence-corrected chi connectivity index (χ0v) is 12.6. The molecule has 2 rings (SSSR count). The van der Waals surface area contributed by atoms with Crippen LogP contribution in [0.25, 0.3) is 0 Å². The van der Waals surface area contributed by atoms with E-state index < -0.39 is 5.97 Å². The van der Waals surface area contributed by atoms with E-state index in [4.69, 9.17) is 9.84 Å². The number of carboxylic acids is 1. The molecular weight excluding hydrogens is 270 g/mol. The number of amides is 1. The molecule has 1 aromatic rings. The van der Waals surface area contributed by atoms with Gasteiger partial charge in [0.25, 0.3) is 5.91 Å². The fourth-order valence-corrected chi connectivity index (χ4v) is 2.73. The van der Waals surface area contributed by atoms with Crippen LogP contribution < -0.4 is 0 Å². The highest BCUT2D eigenvalue weighted by atomic mass is 16.5. The van der Waals surface area contributed by atoms with Crippen LogP contribution in [-0.4, -0.2) is 47.7 Å². The number of methoxy groups -OCH3 is 1. The van der Waals surface area contributed by atoms with E-state index in [1.165, 1.54) is 0 Å². The normalized spacial score (nSPS) is 21.6. The highest BCUT2D eigenvalue weighted by molar-refractivity contribution is 5.95. The lowest BCUT2D eigenvalue weighted by atomic mass is 10.0. The molecule has 1 saturated heterocycles. The Hall–Kier alpha value is -1.88. The summed E-state index contributed by atoms with van der Waals surface area (Å²) in [5.74, 6) is -1.02. The molecule has 1 heterocycles. The number of aliphatic carboxylic acids is 1. The van der Waals surface area contributed by atoms with Crippen LogP contribution in [0.4, 0.5) is 0 Å². The predicted octanol–water partition coefficient (Wildman–Crippen LogP) is 2.01. The van der Waals surface area contributed by atoms with Crippen LogP contribution in [0.5, 0.6) is 0 Å². The van der Waals surface area contributed by atoms with Gasteiger partial charge in [0.2, 0.25) is 0 Å². The SMILES string of the molecule is COC1CC(CC(=O)O)N(C(=O)c2ccc(C)c(C)c2)C1. The van der Waals surface area contributed by atoms with Crippen LogP contribution in [0.15, 0.2) is 18.2 Å². The lowest BCUT2D eigenvalue weighted by Gasteiger charge is -2.23. The van der Waals surface area contributed by atoms with Gasteiger partial charge in [-0.3, -0.25) is 9.59 Å². The van der Waals surface area contributed by atoms with Crippen molar-refractivity contribution < 1.29 is 19.4 Å². The molecule has 2 atom stereocenters. The minimum Gasteiger partial charge on any atom is -0.481 e. The average Bonchev–Trinajstić information content (AvgIpc) is 2.83. The third kappa shape index (κ3) is 3.42. The van der Waals surface area contributed by atoms with Gasteiger partial charge in [-0.05, 0) is 43.5 Å². The summed E-state index contributed by atoms with van der Waals surface area (Å²) in [6, 6.07) is 5.26. The number of likely N-dealkylation sites (tertiary alicyclic amines) is 1. The van der Waals surface area contributed by atoms with Crippen LogP contribution in [0, 0.1) is 13.8 Å². The Morgan fingerprint density at radius 2 is 2.05 bits per heavy atom. The van der Waals surface area contributed by atoms with E-state index in [-0.39, 0.29) is 24.5 Å². The molecule has 1 aliphatic rings. The highest BCUT2D eigenvalue weighted by Gasteiger charge is 2.36. The van der Waals surface area contributed by atoms with Crippen molar-refractivity contribution in [1.82, 2.24) is 4.90 Å². The van der Waals surface area contributed by atoms with Gasteiger partial charge in [0.1, 0.15) is 0 Å². The van der Waals surface area contributed by atoms with Gasteiger partial charge in [-0.2, -0.15) is 0 Å². The summed E-state index contributed by atoms with van der Waals surface area (Å²) < 4.78 is 5.30. The molecule has 0 bridgehead atoms. The molecule has 0 saturated carbocycles. The first kappa shape index (κ1) is 15.5.